The van der Waals surface area contributed by atoms with Gasteiger partial charge < -0.3 is 4.57 Å². The van der Waals surface area contributed by atoms with E-state index in [1.165, 1.54) is 20.9 Å². The van der Waals surface area contributed by atoms with E-state index in [0.29, 0.717) is 0 Å². The molecule has 124 valence electrons. The summed E-state index contributed by atoms with van der Waals surface area (Å²) in [4.78, 5) is 6.69. The van der Waals surface area contributed by atoms with Gasteiger partial charge in [-0.15, -0.1) is 0 Å². The maximum absolute atomic E-state index is 6.28. The number of aromatic nitrogens is 2. The van der Waals surface area contributed by atoms with Gasteiger partial charge in [0.2, 0.25) is 0 Å². The number of hydrogen-bond acceptors (Lipinski definition) is 2. The van der Waals surface area contributed by atoms with Gasteiger partial charge in [-0.25, -0.2) is 0 Å². The summed E-state index contributed by atoms with van der Waals surface area (Å²) in [6.45, 7) is 2.14. The SMILES string of the molecule is Cc1c(Sc2cccc(Br)c2)c2ccc(Cl)cc2n1-c1cccnc1. The van der Waals surface area contributed by atoms with Crippen LogP contribution in [0.5, 0.6) is 0 Å². The number of hydrogen-bond donors (Lipinski definition) is 0. The highest BCUT2D eigenvalue weighted by Gasteiger charge is 2.17. The summed E-state index contributed by atoms with van der Waals surface area (Å²) in [6.07, 6.45) is 3.66. The monoisotopic (exact) mass is 428 g/mol. The molecule has 2 aromatic carbocycles. The van der Waals surface area contributed by atoms with E-state index in [1.54, 1.807) is 18.0 Å². The summed E-state index contributed by atoms with van der Waals surface area (Å²) >= 11 is 11.6. The van der Waals surface area contributed by atoms with E-state index in [9.17, 15) is 0 Å². The standard InChI is InChI=1S/C20H14BrClN2S/c1-13-20(25-17-6-2-4-14(21)10-17)18-8-7-15(22)11-19(18)24(13)16-5-3-9-23-12-16/h2-12H,1H3. The minimum absolute atomic E-state index is 0.731. The van der Waals surface area contributed by atoms with Gasteiger partial charge in [-0.2, -0.15) is 0 Å². The first kappa shape index (κ1) is 16.7. The number of benzene rings is 2. The molecule has 0 fully saturated rings. The first-order valence-corrected chi connectivity index (χ1v) is 9.76. The lowest BCUT2D eigenvalue weighted by Gasteiger charge is -2.08. The Balaban J connectivity index is 1.94. The van der Waals surface area contributed by atoms with Crippen LogP contribution in [0.3, 0.4) is 0 Å². The molecule has 0 saturated carbocycles. The zero-order chi connectivity index (χ0) is 17.4. The van der Waals surface area contributed by atoms with Crippen LogP contribution in [-0.4, -0.2) is 9.55 Å². The Bertz CT molecular complexity index is 1060. The average molecular weight is 430 g/mol. The predicted molar refractivity (Wildman–Crippen MR) is 109 cm³/mol. The van der Waals surface area contributed by atoms with Crippen molar-refractivity contribution in [1.29, 1.82) is 0 Å². The lowest BCUT2D eigenvalue weighted by molar-refractivity contribution is 1.01. The molecule has 5 heteroatoms. The number of fused-ring (bicyclic) bond motifs is 1. The maximum Gasteiger partial charge on any atom is 0.0642 e. The molecular weight excluding hydrogens is 416 g/mol. The molecule has 2 heterocycles. The van der Waals surface area contributed by atoms with Crippen molar-refractivity contribution in [3.05, 3.63) is 82.2 Å². The number of rotatable bonds is 3. The minimum atomic E-state index is 0.731. The molecule has 0 amide bonds. The molecule has 0 saturated heterocycles. The van der Waals surface area contributed by atoms with Gasteiger partial charge in [-0.3, -0.25) is 4.98 Å². The van der Waals surface area contributed by atoms with Crippen LogP contribution in [0.4, 0.5) is 0 Å². The Morgan fingerprint density at radius 1 is 1.08 bits per heavy atom. The molecule has 0 spiro atoms. The highest BCUT2D eigenvalue weighted by molar-refractivity contribution is 9.10. The fourth-order valence-electron chi connectivity index (χ4n) is 2.95. The van der Waals surface area contributed by atoms with Crippen LogP contribution in [-0.2, 0) is 0 Å². The molecule has 25 heavy (non-hydrogen) atoms. The zero-order valence-electron chi connectivity index (χ0n) is 13.4. The second kappa shape index (κ2) is 6.87. The predicted octanol–water partition coefficient (Wildman–Crippen LogP) is 6.90. The molecule has 0 atom stereocenters. The third-order valence-electron chi connectivity index (χ3n) is 4.03. The minimum Gasteiger partial charge on any atom is -0.311 e. The normalized spacial score (nSPS) is 11.2. The largest absolute Gasteiger partial charge is 0.311 e. The van der Waals surface area contributed by atoms with E-state index in [1.807, 2.05) is 30.5 Å². The Kier molecular flexibility index (Phi) is 4.59. The Morgan fingerprint density at radius 2 is 1.96 bits per heavy atom. The van der Waals surface area contributed by atoms with Gasteiger partial charge in [0.1, 0.15) is 0 Å². The van der Waals surface area contributed by atoms with Crippen molar-refractivity contribution in [3.8, 4) is 5.69 Å². The molecule has 0 aliphatic carbocycles. The number of nitrogens with zero attached hydrogens (tertiary/aromatic N) is 2. The van der Waals surface area contributed by atoms with Crippen LogP contribution in [0.25, 0.3) is 16.6 Å². The van der Waals surface area contributed by atoms with Crippen molar-refractivity contribution in [2.75, 3.05) is 0 Å². The number of halogens is 2. The molecule has 2 aromatic heterocycles. The van der Waals surface area contributed by atoms with Crippen molar-refractivity contribution < 1.29 is 0 Å². The van der Waals surface area contributed by atoms with Gasteiger partial charge in [-0.05, 0) is 49.4 Å². The van der Waals surface area contributed by atoms with Crippen LogP contribution in [0.2, 0.25) is 5.02 Å². The molecular formula is C20H14BrClN2S. The van der Waals surface area contributed by atoms with Crippen LogP contribution in [0, 0.1) is 6.92 Å². The topological polar surface area (TPSA) is 17.8 Å². The summed E-state index contributed by atoms with van der Waals surface area (Å²) in [5.74, 6) is 0. The molecule has 0 N–H and O–H groups in total. The Morgan fingerprint density at radius 3 is 2.72 bits per heavy atom. The van der Waals surface area contributed by atoms with E-state index < -0.39 is 0 Å². The van der Waals surface area contributed by atoms with Gasteiger partial charge in [-0.1, -0.05) is 51.4 Å². The van der Waals surface area contributed by atoms with Gasteiger partial charge in [0.05, 0.1) is 17.4 Å². The van der Waals surface area contributed by atoms with Crippen molar-refractivity contribution in [3.63, 3.8) is 0 Å². The number of pyridine rings is 1. The quantitative estimate of drug-likeness (QED) is 0.352. The molecule has 0 radical (unpaired) electrons. The van der Waals surface area contributed by atoms with E-state index in [0.717, 1.165) is 20.7 Å². The molecule has 0 aliphatic heterocycles. The first-order valence-electron chi connectivity index (χ1n) is 7.78. The summed E-state index contributed by atoms with van der Waals surface area (Å²) in [6, 6.07) is 18.4. The molecule has 2 nitrogen and oxygen atoms in total. The van der Waals surface area contributed by atoms with Crippen LogP contribution in [0.15, 0.2) is 81.3 Å². The van der Waals surface area contributed by atoms with Gasteiger partial charge >= 0.3 is 0 Å². The summed E-state index contributed by atoms with van der Waals surface area (Å²) in [5.41, 5.74) is 3.30. The lowest BCUT2D eigenvalue weighted by atomic mass is 10.2. The van der Waals surface area contributed by atoms with Gasteiger partial charge in [0.15, 0.2) is 0 Å². The summed E-state index contributed by atoms with van der Waals surface area (Å²) < 4.78 is 3.29. The third kappa shape index (κ3) is 3.22. The molecule has 0 aliphatic rings. The van der Waals surface area contributed by atoms with Crippen molar-refractivity contribution in [2.24, 2.45) is 0 Å². The smallest absolute Gasteiger partial charge is 0.0642 e. The fraction of sp³-hybridized carbons (Fsp3) is 0.0500. The van der Waals surface area contributed by atoms with E-state index in [2.05, 4.69) is 62.7 Å². The highest BCUT2D eigenvalue weighted by Crippen LogP contribution is 2.40. The second-order valence-corrected chi connectivity index (χ2v) is 8.12. The molecule has 4 aromatic rings. The highest BCUT2D eigenvalue weighted by atomic mass is 79.9. The molecule has 0 bridgehead atoms. The van der Waals surface area contributed by atoms with Crippen LogP contribution in [0.1, 0.15) is 5.69 Å². The van der Waals surface area contributed by atoms with Gasteiger partial charge in [0, 0.05) is 36.6 Å². The molecule has 4 rings (SSSR count). The third-order valence-corrected chi connectivity index (χ3v) is 5.97. The fourth-order valence-corrected chi connectivity index (χ4v) is 4.76. The first-order chi connectivity index (χ1) is 12.1. The van der Waals surface area contributed by atoms with E-state index in [-0.39, 0.29) is 0 Å². The maximum atomic E-state index is 6.28. The van der Waals surface area contributed by atoms with E-state index >= 15 is 0 Å². The van der Waals surface area contributed by atoms with Gasteiger partial charge in [0.25, 0.3) is 0 Å². The van der Waals surface area contributed by atoms with Crippen LogP contribution >= 0.6 is 39.3 Å². The Hall–Kier alpha value is -1.75. The van der Waals surface area contributed by atoms with Crippen molar-refractivity contribution in [2.45, 2.75) is 16.7 Å². The summed E-state index contributed by atoms with van der Waals surface area (Å²) in [5, 5.41) is 1.92. The van der Waals surface area contributed by atoms with Crippen molar-refractivity contribution >= 4 is 50.2 Å². The lowest BCUT2D eigenvalue weighted by Crippen LogP contribution is -1.96. The zero-order valence-corrected chi connectivity index (χ0v) is 16.6. The average Bonchev–Trinajstić information content (AvgIpc) is 2.87. The molecule has 0 unspecified atom stereocenters. The second-order valence-electron chi connectivity index (χ2n) is 5.68. The van der Waals surface area contributed by atoms with Crippen LogP contribution < -0.4 is 0 Å². The van der Waals surface area contributed by atoms with Crippen molar-refractivity contribution in [1.82, 2.24) is 9.55 Å². The summed E-state index contributed by atoms with van der Waals surface area (Å²) in [7, 11) is 0. The van der Waals surface area contributed by atoms with E-state index in [4.69, 9.17) is 11.6 Å². The Labute approximate surface area is 164 Å².